The van der Waals surface area contributed by atoms with Crippen molar-refractivity contribution >= 4 is 22.5 Å². The molecule has 1 unspecified atom stereocenters. The van der Waals surface area contributed by atoms with Crippen LogP contribution in [0.3, 0.4) is 0 Å². The van der Waals surface area contributed by atoms with Crippen molar-refractivity contribution in [2.75, 3.05) is 18.4 Å². The van der Waals surface area contributed by atoms with E-state index in [4.69, 9.17) is 4.52 Å². The third-order valence-corrected chi connectivity index (χ3v) is 5.24. The number of rotatable bonds is 11. The Morgan fingerprint density at radius 1 is 1.09 bits per heavy atom. The number of carbonyl (C=O) groups is 1. The molecule has 0 spiro atoms. The molecule has 4 rings (SSSR count). The van der Waals surface area contributed by atoms with Crippen LogP contribution >= 0.6 is 0 Å². The van der Waals surface area contributed by atoms with Crippen LogP contribution in [0.5, 0.6) is 5.75 Å². The van der Waals surface area contributed by atoms with Crippen LogP contribution in [0.1, 0.15) is 30.2 Å². The number of aromatic nitrogens is 4. The highest BCUT2D eigenvalue weighted by molar-refractivity contribution is 5.90. The average molecular weight is 484 g/mol. The summed E-state index contributed by atoms with van der Waals surface area (Å²) in [5.41, 5.74) is 0.383. The molecule has 4 aromatic rings. The van der Waals surface area contributed by atoms with E-state index in [1.807, 2.05) is 12.1 Å². The molecule has 12 heteroatoms. The summed E-state index contributed by atoms with van der Waals surface area (Å²) in [6.07, 6.45) is 1.86. The van der Waals surface area contributed by atoms with Crippen molar-refractivity contribution in [2.45, 2.75) is 25.4 Å². The Morgan fingerprint density at radius 2 is 1.86 bits per heavy atom. The Hall–Kier alpha value is -4.35. The fourth-order valence-electron chi connectivity index (χ4n) is 3.59. The lowest BCUT2D eigenvalue weighted by molar-refractivity contribution is -0.121. The molecule has 0 aliphatic heterocycles. The quantitative estimate of drug-likeness (QED) is 0.277. The van der Waals surface area contributed by atoms with E-state index in [0.717, 1.165) is 0 Å². The van der Waals surface area contributed by atoms with Crippen LogP contribution < -0.4 is 20.9 Å². The zero-order chi connectivity index (χ0) is 24.6. The number of nitrogens with one attached hydrogen (secondary N) is 3. The van der Waals surface area contributed by atoms with Crippen LogP contribution in [-0.2, 0) is 4.79 Å². The summed E-state index contributed by atoms with van der Waals surface area (Å²) < 4.78 is 34.3. The fourth-order valence-corrected chi connectivity index (χ4v) is 3.59. The van der Waals surface area contributed by atoms with Gasteiger partial charge in [-0.1, -0.05) is 35.5 Å². The van der Waals surface area contributed by atoms with Gasteiger partial charge in [-0.25, -0.2) is 5.10 Å². The molecule has 35 heavy (non-hydrogen) atoms. The molecule has 0 aliphatic carbocycles. The van der Waals surface area contributed by atoms with E-state index in [1.165, 1.54) is 18.5 Å². The number of aromatic amines is 1. The zero-order valence-corrected chi connectivity index (χ0v) is 18.4. The zero-order valence-electron chi connectivity index (χ0n) is 18.4. The number of ether oxygens (including phenoxy) is 1. The van der Waals surface area contributed by atoms with Crippen LogP contribution in [0.15, 0.2) is 64.2 Å². The van der Waals surface area contributed by atoms with Gasteiger partial charge in [-0.05, 0) is 30.2 Å². The lowest BCUT2D eigenvalue weighted by Crippen LogP contribution is -2.27. The number of fused-ring (bicyclic) bond motifs is 1. The molecule has 2 aromatic heterocycles. The molecule has 0 fully saturated rings. The second-order valence-corrected chi connectivity index (χ2v) is 7.56. The average Bonchev–Trinajstić information content (AvgIpc) is 3.39. The monoisotopic (exact) mass is 484 g/mol. The lowest BCUT2D eigenvalue weighted by atomic mass is 9.95. The number of halogens is 2. The Kier molecular flexibility index (Phi) is 7.60. The molecule has 0 aliphatic rings. The highest BCUT2D eigenvalue weighted by atomic mass is 19.3. The van der Waals surface area contributed by atoms with Crippen molar-refractivity contribution in [1.29, 1.82) is 0 Å². The normalized spacial score (nSPS) is 12.0. The van der Waals surface area contributed by atoms with E-state index in [9.17, 15) is 18.4 Å². The highest BCUT2D eigenvalue weighted by Crippen LogP contribution is 2.28. The molecule has 3 N–H and O–H groups in total. The fraction of sp³-hybridized carbons (Fsp3) is 0.261. The SMILES string of the molecule is O=C(CC(c1ccc(OC(F)F)cc1)c1ncno1)NCCCNc1n[nH]c(=O)c2ccccc12. The number of benzene rings is 2. The van der Waals surface area contributed by atoms with E-state index in [2.05, 4.69) is 35.7 Å². The molecule has 182 valence electrons. The van der Waals surface area contributed by atoms with Crippen molar-refractivity contribution < 1.29 is 22.8 Å². The summed E-state index contributed by atoms with van der Waals surface area (Å²) >= 11 is 0. The molecule has 0 bridgehead atoms. The van der Waals surface area contributed by atoms with Crippen LogP contribution in [-0.4, -0.2) is 45.9 Å². The molecular weight excluding hydrogens is 462 g/mol. The molecule has 0 saturated heterocycles. The van der Waals surface area contributed by atoms with Crippen molar-refractivity contribution in [3.05, 3.63) is 76.7 Å². The van der Waals surface area contributed by atoms with Crippen LogP contribution in [0.4, 0.5) is 14.6 Å². The lowest BCUT2D eigenvalue weighted by Gasteiger charge is -2.14. The number of H-pyrrole nitrogens is 1. The first-order valence-electron chi connectivity index (χ1n) is 10.8. The van der Waals surface area contributed by atoms with E-state index < -0.39 is 12.5 Å². The Balaban J connectivity index is 1.30. The first kappa shape index (κ1) is 23.8. The summed E-state index contributed by atoms with van der Waals surface area (Å²) in [5, 5.41) is 17.4. The number of nitrogens with zero attached hydrogens (tertiary/aromatic N) is 3. The van der Waals surface area contributed by atoms with Gasteiger partial charge < -0.3 is 19.9 Å². The van der Waals surface area contributed by atoms with E-state index >= 15 is 0 Å². The van der Waals surface area contributed by atoms with Crippen LogP contribution in [0, 0.1) is 0 Å². The highest BCUT2D eigenvalue weighted by Gasteiger charge is 2.23. The Bertz CT molecular complexity index is 1310. The first-order chi connectivity index (χ1) is 17.0. The maximum Gasteiger partial charge on any atom is 0.387 e. The van der Waals surface area contributed by atoms with Gasteiger partial charge in [-0.2, -0.15) is 18.9 Å². The summed E-state index contributed by atoms with van der Waals surface area (Å²) in [5.74, 6) is 0.0130. The molecule has 0 saturated carbocycles. The smallest absolute Gasteiger partial charge is 0.387 e. The van der Waals surface area contributed by atoms with Gasteiger partial charge in [-0.15, -0.1) is 0 Å². The summed E-state index contributed by atoms with van der Waals surface area (Å²) in [4.78, 5) is 28.5. The van der Waals surface area contributed by atoms with Crippen molar-refractivity contribution in [3.63, 3.8) is 0 Å². The predicted molar refractivity (Wildman–Crippen MR) is 122 cm³/mol. The van der Waals surface area contributed by atoms with Crippen molar-refractivity contribution in [2.24, 2.45) is 0 Å². The third-order valence-electron chi connectivity index (χ3n) is 5.24. The number of anilines is 1. The van der Waals surface area contributed by atoms with Gasteiger partial charge in [0.1, 0.15) is 5.75 Å². The number of hydrogen-bond donors (Lipinski definition) is 3. The molecule has 10 nitrogen and oxygen atoms in total. The largest absolute Gasteiger partial charge is 0.435 e. The van der Waals surface area contributed by atoms with Gasteiger partial charge in [0.25, 0.3) is 5.56 Å². The van der Waals surface area contributed by atoms with Gasteiger partial charge in [0.15, 0.2) is 12.1 Å². The second kappa shape index (κ2) is 11.2. The van der Waals surface area contributed by atoms with Crippen LogP contribution in [0.2, 0.25) is 0 Å². The number of alkyl halides is 2. The second-order valence-electron chi connectivity index (χ2n) is 7.56. The number of carbonyl (C=O) groups excluding carboxylic acids is 1. The maximum atomic E-state index is 12.6. The molecule has 1 amide bonds. The molecule has 2 heterocycles. The van der Waals surface area contributed by atoms with Gasteiger partial charge in [-0.3, -0.25) is 9.59 Å². The van der Waals surface area contributed by atoms with Gasteiger partial charge in [0.2, 0.25) is 11.8 Å². The molecular formula is C23H22F2N6O4. The van der Waals surface area contributed by atoms with E-state index in [1.54, 1.807) is 24.3 Å². The minimum atomic E-state index is -2.92. The summed E-state index contributed by atoms with van der Waals surface area (Å²) in [6, 6.07) is 13.1. The van der Waals surface area contributed by atoms with Crippen molar-refractivity contribution in [1.82, 2.24) is 25.7 Å². The van der Waals surface area contributed by atoms with Gasteiger partial charge in [0, 0.05) is 24.9 Å². The van der Waals surface area contributed by atoms with Gasteiger partial charge in [0.05, 0.1) is 11.3 Å². The topological polar surface area (TPSA) is 135 Å². The Morgan fingerprint density at radius 3 is 2.57 bits per heavy atom. The van der Waals surface area contributed by atoms with Crippen molar-refractivity contribution in [3.8, 4) is 5.75 Å². The minimum absolute atomic E-state index is 0.00902. The first-order valence-corrected chi connectivity index (χ1v) is 10.8. The summed E-state index contributed by atoms with van der Waals surface area (Å²) in [7, 11) is 0. The number of hydrogen-bond acceptors (Lipinski definition) is 8. The third kappa shape index (κ3) is 6.16. The predicted octanol–water partition coefficient (Wildman–Crippen LogP) is 3.05. The maximum absolute atomic E-state index is 12.6. The van der Waals surface area contributed by atoms with E-state index in [-0.39, 0.29) is 29.5 Å². The van der Waals surface area contributed by atoms with E-state index in [0.29, 0.717) is 41.7 Å². The standard InChI is InChI=1S/C23H22F2N6O4/c24-23(25)34-15-8-6-14(7-9-15)18(22-28-13-29-35-22)12-19(32)26-10-3-11-27-20-16-4-1-2-5-17(16)21(33)31-30-20/h1-2,4-9,13,18,23H,3,10-12H2,(H,26,32)(H,27,30)(H,31,33). The van der Waals surface area contributed by atoms with Crippen LogP contribution in [0.25, 0.3) is 10.8 Å². The molecule has 0 radical (unpaired) electrons. The number of amides is 1. The van der Waals surface area contributed by atoms with Gasteiger partial charge >= 0.3 is 6.61 Å². The minimum Gasteiger partial charge on any atom is -0.435 e. The molecule has 1 atom stereocenters. The molecule has 2 aromatic carbocycles. The summed E-state index contributed by atoms with van der Waals surface area (Å²) in [6.45, 7) is -2.01. The Labute approximate surface area is 197 Å².